The smallest absolute Gasteiger partial charge is 0.177 e. The number of ether oxygens (including phenoxy) is 2. The van der Waals surface area contributed by atoms with Gasteiger partial charge in [-0.3, -0.25) is 0 Å². The molecule has 2 nitrogen and oxygen atoms in total. The van der Waals surface area contributed by atoms with Crippen LogP contribution in [0.4, 0.5) is 0 Å². The summed E-state index contributed by atoms with van der Waals surface area (Å²) in [5.74, 6) is 0.0833. The molecule has 0 N–H and O–H groups in total. The van der Waals surface area contributed by atoms with Crippen molar-refractivity contribution in [3.8, 4) is 0 Å². The molecular weight excluding hydrogens is 140 g/mol. The molecule has 0 aromatic carbocycles. The van der Waals surface area contributed by atoms with E-state index in [-0.39, 0.29) is 18.3 Å². The Kier molecular flexibility index (Phi) is 3.09. The van der Waals surface area contributed by atoms with Gasteiger partial charge in [-0.05, 0) is 18.9 Å². The highest BCUT2D eigenvalue weighted by Crippen LogP contribution is 2.20. The molecule has 0 spiro atoms. The summed E-state index contributed by atoms with van der Waals surface area (Å²) in [7, 11) is 0. The van der Waals surface area contributed by atoms with Crippen molar-refractivity contribution >= 4 is 0 Å². The molecule has 62 valence electrons. The van der Waals surface area contributed by atoms with E-state index in [2.05, 4.69) is 6.58 Å². The molecule has 3 atom stereocenters. The average molecular weight is 154 g/mol. The highest BCUT2D eigenvalue weighted by atomic mass is 16.7. The fourth-order valence-electron chi connectivity index (χ4n) is 1.05. The van der Waals surface area contributed by atoms with Crippen LogP contribution in [0.25, 0.3) is 0 Å². The van der Waals surface area contributed by atoms with Crippen molar-refractivity contribution in [2.75, 3.05) is 6.61 Å². The highest BCUT2D eigenvalue weighted by molar-refractivity contribution is 4.82. The van der Waals surface area contributed by atoms with Crippen LogP contribution in [0.2, 0.25) is 0 Å². The van der Waals surface area contributed by atoms with Crippen LogP contribution in [-0.4, -0.2) is 19.0 Å². The number of rotatable bonds is 3. The fraction of sp³-hybridized carbons (Fsp3) is 0.667. The summed E-state index contributed by atoms with van der Waals surface area (Å²) >= 11 is 0. The number of hydrogen-bond donors (Lipinski definition) is 0. The third-order valence-electron chi connectivity index (χ3n) is 1.88. The average Bonchev–Trinajstić information content (AvgIpc) is 2.50. The van der Waals surface area contributed by atoms with Gasteiger partial charge < -0.3 is 9.47 Å². The van der Waals surface area contributed by atoms with Gasteiger partial charge in [0.15, 0.2) is 6.29 Å². The Morgan fingerprint density at radius 3 is 3.00 bits per heavy atom. The minimum absolute atomic E-state index is 0.0444. The normalized spacial score (nSPS) is 33.6. The quantitative estimate of drug-likeness (QED) is 0.575. The minimum atomic E-state index is -0.252. The van der Waals surface area contributed by atoms with E-state index in [1.54, 1.807) is 6.08 Å². The van der Waals surface area contributed by atoms with Gasteiger partial charge in [0.1, 0.15) is 0 Å². The lowest BCUT2D eigenvalue weighted by Crippen LogP contribution is -2.20. The third-order valence-corrected chi connectivity index (χ3v) is 1.88. The molecule has 1 aliphatic rings. The molecule has 0 bridgehead atoms. The zero-order valence-electron chi connectivity index (χ0n) is 6.82. The van der Waals surface area contributed by atoms with Crippen LogP contribution in [0.3, 0.4) is 0 Å². The van der Waals surface area contributed by atoms with Gasteiger partial charge in [-0.15, -0.1) is 0 Å². The first-order chi connectivity index (χ1) is 5.27. The Morgan fingerprint density at radius 1 is 1.82 bits per heavy atom. The van der Waals surface area contributed by atoms with Crippen LogP contribution in [0, 0.1) is 12.8 Å². The van der Waals surface area contributed by atoms with E-state index in [9.17, 15) is 0 Å². The monoisotopic (exact) mass is 154 g/mol. The second-order valence-electron chi connectivity index (χ2n) is 2.68. The Hall–Kier alpha value is -0.340. The van der Waals surface area contributed by atoms with E-state index in [0.717, 1.165) is 6.42 Å². The molecule has 0 aromatic rings. The molecule has 3 unspecified atom stereocenters. The zero-order chi connectivity index (χ0) is 8.27. The number of hydrogen-bond acceptors (Lipinski definition) is 2. The van der Waals surface area contributed by atoms with Gasteiger partial charge in [-0.25, -0.2) is 0 Å². The molecule has 2 radical (unpaired) electrons. The first kappa shape index (κ1) is 8.75. The van der Waals surface area contributed by atoms with Crippen LogP contribution >= 0.6 is 0 Å². The minimum Gasteiger partial charge on any atom is -0.346 e. The van der Waals surface area contributed by atoms with E-state index >= 15 is 0 Å². The topological polar surface area (TPSA) is 18.5 Å². The summed E-state index contributed by atoms with van der Waals surface area (Å²) in [6, 6.07) is 0. The first-order valence-electron chi connectivity index (χ1n) is 3.93. The predicted octanol–water partition coefficient (Wildman–Crippen LogP) is 1.65. The van der Waals surface area contributed by atoms with Crippen molar-refractivity contribution in [2.45, 2.75) is 25.7 Å². The Balaban J connectivity index is 2.34. The van der Waals surface area contributed by atoms with E-state index < -0.39 is 0 Å². The van der Waals surface area contributed by atoms with Gasteiger partial charge in [0.05, 0.1) is 12.7 Å². The van der Waals surface area contributed by atoms with Gasteiger partial charge in [-0.2, -0.15) is 0 Å². The van der Waals surface area contributed by atoms with Crippen molar-refractivity contribution in [3.05, 3.63) is 19.6 Å². The lowest BCUT2D eigenvalue weighted by molar-refractivity contribution is -0.0274. The Morgan fingerprint density at radius 2 is 2.55 bits per heavy atom. The van der Waals surface area contributed by atoms with E-state index in [0.29, 0.717) is 6.61 Å². The summed E-state index contributed by atoms with van der Waals surface area (Å²) in [5.41, 5.74) is 0. The summed E-state index contributed by atoms with van der Waals surface area (Å²) in [6.07, 6.45) is 2.35. The molecule has 1 rings (SSSR count). The summed E-state index contributed by atoms with van der Waals surface area (Å²) < 4.78 is 10.6. The SMILES string of the molecule is [CH]C(CC)C1COC(C=C)O1. The second-order valence-corrected chi connectivity index (χ2v) is 2.68. The second kappa shape index (κ2) is 3.88. The maximum absolute atomic E-state index is 5.76. The predicted molar refractivity (Wildman–Crippen MR) is 42.9 cm³/mol. The highest BCUT2D eigenvalue weighted by Gasteiger charge is 2.27. The lowest BCUT2D eigenvalue weighted by Gasteiger charge is -2.14. The van der Waals surface area contributed by atoms with Crippen LogP contribution in [0.1, 0.15) is 13.3 Å². The maximum Gasteiger partial charge on any atom is 0.177 e. The van der Waals surface area contributed by atoms with Gasteiger partial charge in [0.2, 0.25) is 0 Å². The standard InChI is InChI=1S/C9H14O2/c1-4-7(3)8-6-10-9(5-2)11-8/h3,5,7-9H,2,4,6H2,1H3. The summed E-state index contributed by atoms with van der Waals surface area (Å²) in [4.78, 5) is 0. The molecule has 1 saturated heterocycles. The molecule has 0 amide bonds. The van der Waals surface area contributed by atoms with Crippen molar-refractivity contribution in [2.24, 2.45) is 5.92 Å². The van der Waals surface area contributed by atoms with Crippen LogP contribution < -0.4 is 0 Å². The molecule has 11 heavy (non-hydrogen) atoms. The van der Waals surface area contributed by atoms with Gasteiger partial charge in [-0.1, -0.05) is 19.9 Å². The van der Waals surface area contributed by atoms with Crippen LogP contribution in [0.5, 0.6) is 0 Å². The van der Waals surface area contributed by atoms with Gasteiger partial charge >= 0.3 is 0 Å². The summed E-state index contributed by atoms with van der Waals surface area (Å²) in [5, 5.41) is 0. The molecule has 2 heteroatoms. The first-order valence-corrected chi connectivity index (χ1v) is 3.93. The van der Waals surface area contributed by atoms with Crippen molar-refractivity contribution in [1.82, 2.24) is 0 Å². The van der Waals surface area contributed by atoms with E-state index in [1.165, 1.54) is 0 Å². The third kappa shape index (κ3) is 2.04. The maximum atomic E-state index is 5.76. The molecular formula is C9H14O2. The van der Waals surface area contributed by atoms with E-state index in [4.69, 9.17) is 16.4 Å². The Bertz CT molecular complexity index is 134. The van der Waals surface area contributed by atoms with Gasteiger partial charge in [0.25, 0.3) is 0 Å². The van der Waals surface area contributed by atoms with Crippen molar-refractivity contribution in [1.29, 1.82) is 0 Å². The molecule has 1 aliphatic heterocycles. The van der Waals surface area contributed by atoms with Crippen molar-refractivity contribution in [3.63, 3.8) is 0 Å². The lowest BCUT2D eigenvalue weighted by atomic mass is 10.0. The molecule has 1 heterocycles. The largest absolute Gasteiger partial charge is 0.346 e. The van der Waals surface area contributed by atoms with Crippen LogP contribution in [0.15, 0.2) is 12.7 Å². The fourth-order valence-corrected chi connectivity index (χ4v) is 1.05. The Labute approximate surface area is 68.2 Å². The molecule has 0 aromatic heterocycles. The summed E-state index contributed by atoms with van der Waals surface area (Å²) in [6.45, 7) is 12.0. The molecule has 0 saturated carbocycles. The molecule has 1 fully saturated rings. The van der Waals surface area contributed by atoms with Crippen LogP contribution in [-0.2, 0) is 9.47 Å². The zero-order valence-corrected chi connectivity index (χ0v) is 6.82. The van der Waals surface area contributed by atoms with Crippen molar-refractivity contribution < 1.29 is 9.47 Å². The molecule has 0 aliphatic carbocycles. The van der Waals surface area contributed by atoms with Gasteiger partial charge in [0, 0.05) is 0 Å². The van der Waals surface area contributed by atoms with E-state index in [1.807, 2.05) is 6.92 Å².